The molecule has 0 bridgehead atoms. The van der Waals surface area contributed by atoms with Crippen molar-refractivity contribution in [1.82, 2.24) is 14.8 Å². The molecule has 0 aliphatic rings. The molecule has 96 valence electrons. The van der Waals surface area contributed by atoms with Gasteiger partial charge < -0.3 is 4.74 Å². The van der Waals surface area contributed by atoms with Gasteiger partial charge in [-0.25, -0.2) is 9.67 Å². The van der Waals surface area contributed by atoms with Crippen molar-refractivity contribution in [1.29, 1.82) is 0 Å². The van der Waals surface area contributed by atoms with Crippen molar-refractivity contribution in [3.05, 3.63) is 35.8 Å². The Balaban J connectivity index is 2.34. The summed E-state index contributed by atoms with van der Waals surface area (Å²) in [6.45, 7) is 1.79. The van der Waals surface area contributed by atoms with Crippen LogP contribution in [0.25, 0.3) is 5.69 Å². The molecule has 0 radical (unpaired) electrons. The number of nitrogens with zero attached hydrogens (tertiary/aromatic N) is 3. The molecule has 4 nitrogen and oxygen atoms in total. The van der Waals surface area contributed by atoms with Crippen LogP contribution in [-0.2, 0) is 6.18 Å². The fraction of sp³-hybridized carbons (Fsp3) is 0.273. The van der Waals surface area contributed by atoms with E-state index in [1.165, 1.54) is 17.9 Å². The van der Waals surface area contributed by atoms with Crippen LogP contribution in [-0.4, -0.2) is 21.9 Å². The second-order valence-electron chi connectivity index (χ2n) is 3.67. The minimum absolute atomic E-state index is 0.426. The first-order chi connectivity index (χ1) is 8.41. The Kier molecular flexibility index (Phi) is 2.98. The Hall–Kier alpha value is -2.05. The zero-order valence-electron chi connectivity index (χ0n) is 9.69. The number of ether oxygens (including phenoxy) is 1. The average molecular weight is 257 g/mol. The normalized spacial score (nSPS) is 11.6. The van der Waals surface area contributed by atoms with Crippen molar-refractivity contribution < 1.29 is 17.9 Å². The van der Waals surface area contributed by atoms with Crippen molar-refractivity contribution in [3.8, 4) is 11.6 Å². The van der Waals surface area contributed by atoms with E-state index in [0.29, 0.717) is 11.6 Å². The van der Waals surface area contributed by atoms with E-state index in [0.717, 1.165) is 17.8 Å². The van der Waals surface area contributed by atoms with Crippen LogP contribution in [0.3, 0.4) is 0 Å². The molecular formula is C11H10F3N3O. The number of aromatic nitrogens is 3. The third-order valence-electron chi connectivity index (χ3n) is 2.35. The molecule has 0 saturated heterocycles. The number of hydrogen-bond donors (Lipinski definition) is 0. The second kappa shape index (κ2) is 4.32. The lowest BCUT2D eigenvalue weighted by molar-refractivity contribution is -0.141. The number of hydrogen-bond acceptors (Lipinski definition) is 3. The van der Waals surface area contributed by atoms with Crippen LogP contribution < -0.4 is 4.74 Å². The summed E-state index contributed by atoms with van der Waals surface area (Å²) in [5, 5.41) is 4.06. The van der Waals surface area contributed by atoms with Gasteiger partial charge in [-0.3, -0.25) is 0 Å². The van der Waals surface area contributed by atoms with Crippen LogP contribution in [0, 0.1) is 6.92 Å². The molecule has 0 aliphatic carbocycles. The highest BCUT2D eigenvalue weighted by Crippen LogP contribution is 2.27. The van der Waals surface area contributed by atoms with Gasteiger partial charge in [-0.05, 0) is 19.1 Å². The van der Waals surface area contributed by atoms with Gasteiger partial charge in [-0.2, -0.15) is 13.2 Å². The minimum Gasteiger partial charge on any atom is -0.480 e. The lowest BCUT2D eigenvalue weighted by atomic mass is 10.3. The van der Waals surface area contributed by atoms with Crippen LogP contribution in [0.5, 0.6) is 5.88 Å². The lowest BCUT2D eigenvalue weighted by Gasteiger charge is -2.06. The average Bonchev–Trinajstić information content (AvgIpc) is 2.69. The van der Waals surface area contributed by atoms with Gasteiger partial charge in [0.15, 0.2) is 0 Å². The van der Waals surface area contributed by atoms with E-state index in [2.05, 4.69) is 10.1 Å². The molecule has 0 amide bonds. The van der Waals surface area contributed by atoms with Gasteiger partial charge in [0.05, 0.1) is 19.0 Å². The minimum atomic E-state index is -4.43. The van der Waals surface area contributed by atoms with Crippen LogP contribution in [0.1, 0.15) is 11.3 Å². The number of aryl methyl sites for hydroxylation is 1. The number of alkyl halides is 3. The Labute approximate surface area is 101 Å². The maximum atomic E-state index is 12.3. The quantitative estimate of drug-likeness (QED) is 0.830. The van der Waals surface area contributed by atoms with E-state index in [4.69, 9.17) is 4.74 Å². The number of rotatable bonds is 2. The SMILES string of the molecule is COc1nn(-c2ccc(C(F)(F)F)nc2)cc1C. The zero-order chi connectivity index (χ0) is 13.3. The lowest BCUT2D eigenvalue weighted by Crippen LogP contribution is -2.08. The fourth-order valence-electron chi connectivity index (χ4n) is 1.47. The van der Waals surface area contributed by atoms with E-state index in [1.807, 2.05) is 0 Å². The van der Waals surface area contributed by atoms with Crippen molar-refractivity contribution >= 4 is 0 Å². The summed E-state index contributed by atoms with van der Waals surface area (Å²) >= 11 is 0. The number of methoxy groups -OCH3 is 1. The Morgan fingerprint density at radius 1 is 1.28 bits per heavy atom. The smallest absolute Gasteiger partial charge is 0.433 e. The van der Waals surface area contributed by atoms with Crippen molar-refractivity contribution in [2.45, 2.75) is 13.1 Å². The standard InChI is InChI=1S/C11H10F3N3O/c1-7-6-17(16-10(7)18-2)8-3-4-9(15-5-8)11(12,13)14/h3-6H,1-2H3. The third kappa shape index (κ3) is 2.29. The molecule has 0 aromatic carbocycles. The molecule has 18 heavy (non-hydrogen) atoms. The van der Waals surface area contributed by atoms with Gasteiger partial charge >= 0.3 is 6.18 Å². The summed E-state index contributed by atoms with van der Waals surface area (Å²) < 4.78 is 43.4. The summed E-state index contributed by atoms with van der Waals surface area (Å²) in [6, 6.07) is 2.22. The van der Waals surface area contributed by atoms with Gasteiger partial charge in [-0.15, -0.1) is 5.10 Å². The summed E-state index contributed by atoms with van der Waals surface area (Å²) in [7, 11) is 1.48. The van der Waals surface area contributed by atoms with Gasteiger partial charge in [0.25, 0.3) is 0 Å². The monoisotopic (exact) mass is 257 g/mol. The van der Waals surface area contributed by atoms with Gasteiger partial charge in [0.1, 0.15) is 5.69 Å². The van der Waals surface area contributed by atoms with Crippen molar-refractivity contribution in [2.75, 3.05) is 7.11 Å². The summed E-state index contributed by atoms with van der Waals surface area (Å²) in [6.07, 6.45) is -1.66. The van der Waals surface area contributed by atoms with Crippen molar-refractivity contribution in [3.63, 3.8) is 0 Å². The predicted octanol–water partition coefficient (Wildman–Crippen LogP) is 2.60. The highest BCUT2D eigenvalue weighted by Gasteiger charge is 2.32. The molecule has 0 atom stereocenters. The molecule has 0 spiro atoms. The highest BCUT2D eigenvalue weighted by atomic mass is 19.4. The van der Waals surface area contributed by atoms with E-state index in [-0.39, 0.29) is 0 Å². The molecule has 0 unspecified atom stereocenters. The summed E-state index contributed by atoms with van der Waals surface area (Å²) in [4.78, 5) is 3.36. The molecule has 0 aliphatic heterocycles. The molecule has 0 fully saturated rings. The first-order valence-electron chi connectivity index (χ1n) is 5.05. The Bertz CT molecular complexity index is 546. The topological polar surface area (TPSA) is 39.9 Å². The molecular weight excluding hydrogens is 247 g/mol. The maximum Gasteiger partial charge on any atom is 0.433 e. The van der Waals surface area contributed by atoms with E-state index < -0.39 is 11.9 Å². The van der Waals surface area contributed by atoms with E-state index in [1.54, 1.807) is 13.1 Å². The number of halogens is 3. The van der Waals surface area contributed by atoms with Crippen molar-refractivity contribution in [2.24, 2.45) is 0 Å². The zero-order valence-corrected chi connectivity index (χ0v) is 9.69. The van der Waals surface area contributed by atoms with Crippen LogP contribution in [0.4, 0.5) is 13.2 Å². The predicted molar refractivity (Wildman–Crippen MR) is 57.7 cm³/mol. The highest BCUT2D eigenvalue weighted by molar-refractivity contribution is 5.33. The summed E-state index contributed by atoms with van der Waals surface area (Å²) in [5.74, 6) is 0.426. The second-order valence-corrected chi connectivity index (χ2v) is 3.67. The van der Waals surface area contributed by atoms with E-state index in [9.17, 15) is 13.2 Å². The Morgan fingerprint density at radius 2 is 2.00 bits per heavy atom. The van der Waals surface area contributed by atoms with E-state index >= 15 is 0 Å². The molecule has 2 rings (SSSR count). The fourth-order valence-corrected chi connectivity index (χ4v) is 1.47. The van der Waals surface area contributed by atoms with Gasteiger partial charge in [0, 0.05) is 11.8 Å². The maximum absolute atomic E-state index is 12.3. The molecule has 7 heteroatoms. The number of pyridine rings is 1. The molecule has 2 aromatic heterocycles. The Morgan fingerprint density at radius 3 is 2.44 bits per heavy atom. The van der Waals surface area contributed by atoms with Gasteiger partial charge in [0.2, 0.25) is 5.88 Å². The third-order valence-corrected chi connectivity index (χ3v) is 2.35. The first-order valence-corrected chi connectivity index (χ1v) is 5.05. The molecule has 0 N–H and O–H groups in total. The molecule has 0 saturated carbocycles. The van der Waals surface area contributed by atoms with Gasteiger partial charge in [-0.1, -0.05) is 0 Å². The first kappa shape index (κ1) is 12.4. The van der Waals surface area contributed by atoms with Crippen LogP contribution >= 0.6 is 0 Å². The largest absolute Gasteiger partial charge is 0.480 e. The molecule has 2 aromatic rings. The van der Waals surface area contributed by atoms with Crippen LogP contribution in [0.2, 0.25) is 0 Å². The van der Waals surface area contributed by atoms with Crippen LogP contribution in [0.15, 0.2) is 24.5 Å². The summed E-state index contributed by atoms with van der Waals surface area (Å²) in [5.41, 5.74) is 0.300. The molecule has 2 heterocycles.